The van der Waals surface area contributed by atoms with Gasteiger partial charge in [-0.1, -0.05) is 29.3 Å². The van der Waals surface area contributed by atoms with Gasteiger partial charge in [-0.05, 0) is 44.2 Å². The smallest absolute Gasteiger partial charge is 0.246 e. The van der Waals surface area contributed by atoms with Crippen LogP contribution in [-0.2, 0) is 14.8 Å². The number of nitrogens with zero attached hydrogens (tertiary/aromatic N) is 2. The van der Waals surface area contributed by atoms with Gasteiger partial charge in [0.05, 0.1) is 10.0 Å². The van der Waals surface area contributed by atoms with Crippen LogP contribution in [0.25, 0.3) is 0 Å². The third kappa shape index (κ3) is 3.97. The predicted octanol–water partition coefficient (Wildman–Crippen LogP) is 3.41. The molecule has 8 heteroatoms. The number of amides is 1. The van der Waals surface area contributed by atoms with Crippen LogP contribution in [-0.4, -0.2) is 49.7 Å². The predicted molar refractivity (Wildman–Crippen MR) is 98.4 cm³/mol. The van der Waals surface area contributed by atoms with Gasteiger partial charge in [-0.15, -0.1) is 0 Å². The molecule has 1 aromatic rings. The van der Waals surface area contributed by atoms with Crippen molar-refractivity contribution in [3.63, 3.8) is 0 Å². The minimum atomic E-state index is -3.75. The minimum Gasteiger partial charge on any atom is -0.342 e. The second-order valence-electron chi connectivity index (χ2n) is 6.62. The highest BCUT2D eigenvalue weighted by Gasteiger charge is 2.35. The molecule has 1 aromatic carbocycles. The van der Waals surface area contributed by atoms with Crippen molar-refractivity contribution in [2.75, 3.05) is 26.2 Å². The lowest BCUT2D eigenvalue weighted by Gasteiger charge is -2.35. The van der Waals surface area contributed by atoms with Gasteiger partial charge in [0, 0.05) is 32.1 Å². The van der Waals surface area contributed by atoms with Crippen molar-refractivity contribution in [2.24, 2.45) is 5.92 Å². The second kappa shape index (κ2) is 7.82. The van der Waals surface area contributed by atoms with E-state index in [1.165, 1.54) is 22.9 Å². The molecule has 2 fully saturated rings. The maximum atomic E-state index is 12.9. The van der Waals surface area contributed by atoms with Crippen molar-refractivity contribution in [1.29, 1.82) is 0 Å². The van der Waals surface area contributed by atoms with Crippen LogP contribution in [0.15, 0.2) is 23.1 Å². The molecule has 0 spiro atoms. The Kier molecular flexibility index (Phi) is 5.93. The molecule has 3 rings (SSSR count). The minimum absolute atomic E-state index is 0.0425. The summed E-state index contributed by atoms with van der Waals surface area (Å²) in [5.41, 5.74) is 0. The lowest BCUT2D eigenvalue weighted by atomic mass is 9.95. The van der Waals surface area contributed by atoms with E-state index in [2.05, 4.69) is 0 Å². The van der Waals surface area contributed by atoms with Gasteiger partial charge in [0.25, 0.3) is 0 Å². The van der Waals surface area contributed by atoms with Crippen molar-refractivity contribution in [2.45, 2.75) is 37.0 Å². The molecule has 5 nitrogen and oxygen atoms in total. The lowest BCUT2D eigenvalue weighted by molar-refractivity contribution is -0.137. The number of piperidine rings is 2. The molecule has 0 N–H and O–H groups in total. The summed E-state index contributed by atoms with van der Waals surface area (Å²) in [7, 11) is -3.75. The monoisotopic (exact) mass is 404 g/mol. The molecule has 25 heavy (non-hydrogen) atoms. The summed E-state index contributed by atoms with van der Waals surface area (Å²) in [6, 6.07) is 4.66. The number of carbonyl (C=O) groups is 1. The summed E-state index contributed by atoms with van der Waals surface area (Å²) in [4.78, 5) is 14.5. The summed E-state index contributed by atoms with van der Waals surface area (Å²) < 4.78 is 27.1. The van der Waals surface area contributed by atoms with Crippen LogP contribution >= 0.6 is 23.2 Å². The van der Waals surface area contributed by atoms with Crippen LogP contribution in [0.4, 0.5) is 0 Å². The molecule has 2 heterocycles. The van der Waals surface area contributed by atoms with E-state index in [1.54, 1.807) is 6.07 Å². The average Bonchev–Trinajstić information content (AvgIpc) is 2.61. The Balaban J connectivity index is 1.68. The molecular formula is C17H22Cl2N2O3S. The highest BCUT2D eigenvalue weighted by molar-refractivity contribution is 7.89. The van der Waals surface area contributed by atoms with Crippen LogP contribution in [0.5, 0.6) is 0 Å². The fourth-order valence-corrected chi connectivity index (χ4v) is 6.13. The molecule has 138 valence electrons. The second-order valence-corrected chi connectivity index (χ2v) is 9.30. The summed E-state index contributed by atoms with van der Waals surface area (Å²) in [5.74, 6) is 0.0822. The molecule has 2 aliphatic heterocycles. The number of sulfonamides is 1. The van der Waals surface area contributed by atoms with Crippen LogP contribution in [0.1, 0.15) is 32.1 Å². The van der Waals surface area contributed by atoms with Crippen LogP contribution < -0.4 is 0 Å². The van der Waals surface area contributed by atoms with Gasteiger partial charge in [0.2, 0.25) is 15.9 Å². The summed E-state index contributed by atoms with van der Waals surface area (Å²) in [6.45, 7) is 2.28. The zero-order chi connectivity index (χ0) is 18.0. The number of rotatable bonds is 3. The Morgan fingerprint density at radius 1 is 0.960 bits per heavy atom. The number of benzene rings is 1. The Morgan fingerprint density at radius 3 is 2.08 bits per heavy atom. The van der Waals surface area contributed by atoms with E-state index in [-0.39, 0.29) is 26.8 Å². The molecule has 0 aliphatic carbocycles. The molecule has 0 unspecified atom stereocenters. The van der Waals surface area contributed by atoms with Gasteiger partial charge in [0.1, 0.15) is 4.90 Å². The Hall–Kier alpha value is -0.820. The molecule has 2 saturated heterocycles. The SMILES string of the molecule is O=C(C1CCN(S(=O)(=O)c2c(Cl)cccc2Cl)CC1)N1CCCCC1. The van der Waals surface area contributed by atoms with E-state index in [9.17, 15) is 13.2 Å². The first-order valence-electron chi connectivity index (χ1n) is 8.64. The molecule has 0 atom stereocenters. The van der Waals surface area contributed by atoms with Gasteiger partial charge in [-0.25, -0.2) is 8.42 Å². The van der Waals surface area contributed by atoms with Crippen LogP contribution in [0.3, 0.4) is 0 Å². The van der Waals surface area contributed by atoms with E-state index in [4.69, 9.17) is 23.2 Å². The van der Waals surface area contributed by atoms with Crippen molar-refractivity contribution in [3.05, 3.63) is 28.2 Å². The maximum Gasteiger partial charge on any atom is 0.246 e. The van der Waals surface area contributed by atoms with Crippen molar-refractivity contribution < 1.29 is 13.2 Å². The quantitative estimate of drug-likeness (QED) is 0.775. The third-order valence-corrected chi connectivity index (χ3v) is 7.84. The third-order valence-electron chi connectivity index (χ3n) is 4.99. The van der Waals surface area contributed by atoms with Crippen molar-refractivity contribution in [3.8, 4) is 0 Å². The van der Waals surface area contributed by atoms with E-state index in [0.29, 0.717) is 25.9 Å². The van der Waals surface area contributed by atoms with Gasteiger partial charge < -0.3 is 4.90 Å². The number of likely N-dealkylation sites (tertiary alicyclic amines) is 1. The molecule has 1 amide bonds. The van der Waals surface area contributed by atoms with E-state index < -0.39 is 10.0 Å². The lowest BCUT2D eigenvalue weighted by Crippen LogP contribution is -2.45. The first-order valence-corrected chi connectivity index (χ1v) is 10.8. The number of hydrogen-bond acceptors (Lipinski definition) is 3. The molecular weight excluding hydrogens is 383 g/mol. The molecule has 0 saturated carbocycles. The van der Waals surface area contributed by atoms with E-state index >= 15 is 0 Å². The summed E-state index contributed by atoms with van der Waals surface area (Å²) in [6.07, 6.45) is 4.38. The van der Waals surface area contributed by atoms with E-state index in [0.717, 1.165) is 25.9 Å². The summed E-state index contributed by atoms with van der Waals surface area (Å²) in [5, 5.41) is 0.248. The Labute approximate surface area is 158 Å². The standard InChI is InChI=1S/C17H22Cl2N2O3S/c18-14-5-4-6-15(19)16(14)25(23,24)21-11-7-13(8-12-21)17(22)20-9-2-1-3-10-20/h4-6,13H,1-3,7-12H2. The Bertz CT molecular complexity index is 720. The normalized spacial score (nSPS) is 20.6. The molecule has 0 bridgehead atoms. The average molecular weight is 405 g/mol. The zero-order valence-electron chi connectivity index (χ0n) is 14.0. The molecule has 2 aliphatic rings. The molecule has 0 radical (unpaired) electrons. The fraction of sp³-hybridized carbons (Fsp3) is 0.588. The fourth-order valence-electron chi connectivity index (χ4n) is 3.57. The zero-order valence-corrected chi connectivity index (χ0v) is 16.3. The van der Waals surface area contributed by atoms with E-state index in [1.807, 2.05) is 4.90 Å². The summed E-state index contributed by atoms with van der Waals surface area (Å²) >= 11 is 12.1. The van der Waals surface area contributed by atoms with Gasteiger partial charge in [-0.3, -0.25) is 4.79 Å². The highest BCUT2D eigenvalue weighted by Crippen LogP contribution is 2.33. The van der Waals surface area contributed by atoms with Gasteiger partial charge in [-0.2, -0.15) is 4.31 Å². The number of halogens is 2. The van der Waals surface area contributed by atoms with Crippen LogP contribution in [0.2, 0.25) is 10.0 Å². The van der Waals surface area contributed by atoms with Gasteiger partial charge in [0.15, 0.2) is 0 Å². The number of hydrogen-bond donors (Lipinski definition) is 0. The van der Waals surface area contributed by atoms with Crippen molar-refractivity contribution in [1.82, 2.24) is 9.21 Å². The van der Waals surface area contributed by atoms with Gasteiger partial charge >= 0.3 is 0 Å². The first-order chi connectivity index (χ1) is 11.9. The van der Waals surface area contributed by atoms with Crippen LogP contribution in [0, 0.1) is 5.92 Å². The largest absolute Gasteiger partial charge is 0.342 e. The number of carbonyl (C=O) groups excluding carboxylic acids is 1. The topological polar surface area (TPSA) is 57.7 Å². The molecule has 0 aromatic heterocycles. The van der Waals surface area contributed by atoms with Crippen molar-refractivity contribution >= 4 is 39.1 Å². The Morgan fingerprint density at radius 2 is 1.52 bits per heavy atom. The first kappa shape index (κ1) is 19.0. The highest BCUT2D eigenvalue weighted by atomic mass is 35.5. The maximum absolute atomic E-state index is 12.9.